The van der Waals surface area contributed by atoms with E-state index in [0.717, 1.165) is 6.07 Å². The maximum atomic E-state index is 13.4. The molecule has 6 nitrogen and oxygen atoms in total. The summed E-state index contributed by atoms with van der Waals surface area (Å²) >= 11 is 0. The molecular weight excluding hydrogens is 351 g/mol. The number of ether oxygens (including phenoxy) is 1. The van der Waals surface area contributed by atoms with Gasteiger partial charge in [-0.2, -0.15) is 13.2 Å². The van der Waals surface area contributed by atoms with Gasteiger partial charge < -0.3 is 15.8 Å². The van der Waals surface area contributed by atoms with E-state index >= 15 is 0 Å². The molecule has 0 unspecified atom stereocenters. The van der Waals surface area contributed by atoms with Crippen molar-refractivity contribution in [3.63, 3.8) is 0 Å². The third-order valence-corrected chi connectivity index (χ3v) is 3.34. The van der Waals surface area contributed by atoms with Gasteiger partial charge in [-0.3, -0.25) is 9.59 Å². The number of nitrogens with one attached hydrogen (secondary N) is 1. The van der Waals surface area contributed by atoms with E-state index in [-0.39, 0.29) is 24.7 Å². The zero-order valence-electron chi connectivity index (χ0n) is 13.8. The van der Waals surface area contributed by atoms with Crippen molar-refractivity contribution < 1.29 is 27.5 Å². The molecule has 0 aliphatic rings. The lowest BCUT2D eigenvalue weighted by Crippen LogP contribution is -2.23. The fourth-order valence-corrected chi connectivity index (χ4v) is 2.27. The molecule has 0 aliphatic carbocycles. The van der Waals surface area contributed by atoms with Crippen molar-refractivity contribution in [3.05, 3.63) is 47.5 Å². The Morgan fingerprint density at radius 2 is 1.88 bits per heavy atom. The molecule has 1 amide bonds. The Hall–Kier alpha value is -3.10. The van der Waals surface area contributed by atoms with Crippen molar-refractivity contribution in [1.82, 2.24) is 4.98 Å². The molecule has 0 saturated heterocycles. The maximum Gasteiger partial charge on any atom is 0.417 e. The first kappa shape index (κ1) is 19.2. The fourth-order valence-electron chi connectivity index (χ4n) is 2.27. The molecule has 1 aromatic heterocycles. The lowest BCUT2D eigenvalue weighted by Gasteiger charge is -2.17. The van der Waals surface area contributed by atoms with Crippen LogP contribution in [0.2, 0.25) is 0 Å². The van der Waals surface area contributed by atoms with Crippen molar-refractivity contribution >= 4 is 17.7 Å². The van der Waals surface area contributed by atoms with E-state index in [1.54, 1.807) is 30.3 Å². The van der Waals surface area contributed by atoms with E-state index < -0.39 is 29.2 Å². The molecule has 26 heavy (non-hydrogen) atoms. The zero-order valence-corrected chi connectivity index (χ0v) is 13.8. The van der Waals surface area contributed by atoms with Crippen molar-refractivity contribution in [2.75, 3.05) is 18.5 Å². The lowest BCUT2D eigenvalue weighted by atomic mass is 10.0. The average Bonchev–Trinajstić information content (AvgIpc) is 2.57. The normalized spacial score (nSPS) is 11.1. The van der Waals surface area contributed by atoms with Gasteiger partial charge in [0.25, 0.3) is 5.91 Å². The summed E-state index contributed by atoms with van der Waals surface area (Å²) in [7, 11) is 0. The number of nitrogens with zero attached hydrogens (tertiary/aromatic N) is 1. The number of aromatic nitrogens is 1. The topological polar surface area (TPSA) is 94.3 Å². The van der Waals surface area contributed by atoms with Gasteiger partial charge >= 0.3 is 12.1 Å². The molecular formula is C17H16F3N3O3. The molecule has 3 N–H and O–H groups in total. The largest absolute Gasteiger partial charge is 0.464 e. The van der Waals surface area contributed by atoms with Gasteiger partial charge in [-0.25, -0.2) is 4.98 Å². The number of benzene rings is 1. The van der Waals surface area contributed by atoms with Crippen molar-refractivity contribution in [2.24, 2.45) is 5.73 Å². The van der Waals surface area contributed by atoms with Gasteiger partial charge in [0.05, 0.1) is 23.4 Å². The molecule has 0 spiro atoms. The quantitative estimate of drug-likeness (QED) is 0.605. The van der Waals surface area contributed by atoms with E-state index in [1.165, 1.54) is 6.92 Å². The number of carbonyl (C=O) groups excluding carboxylic acids is 2. The van der Waals surface area contributed by atoms with Gasteiger partial charge in [0.15, 0.2) is 0 Å². The Morgan fingerprint density at radius 1 is 1.23 bits per heavy atom. The van der Waals surface area contributed by atoms with Crippen molar-refractivity contribution in [2.45, 2.75) is 13.1 Å². The smallest absolute Gasteiger partial charge is 0.417 e. The summed E-state index contributed by atoms with van der Waals surface area (Å²) in [6.45, 7) is 1.05. The Balaban J connectivity index is 2.51. The number of carbonyl (C=O) groups is 2. The van der Waals surface area contributed by atoms with Gasteiger partial charge in [0.2, 0.25) is 0 Å². The van der Waals surface area contributed by atoms with Crippen LogP contribution in [0, 0.1) is 0 Å². The number of amides is 1. The molecule has 0 fully saturated rings. The third-order valence-electron chi connectivity index (χ3n) is 3.34. The number of hydrogen-bond acceptors (Lipinski definition) is 5. The molecule has 1 aromatic carbocycles. The maximum absolute atomic E-state index is 13.4. The number of hydrogen-bond donors (Lipinski definition) is 2. The zero-order chi connectivity index (χ0) is 19.3. The van der Waals surface area contributed by atoms with Crippen LogP contribution < -0.4 is 11.1 Å². The van der Waals surface area contributed by atoms with Crippen LogP contribution in [0.25, 0.3) is 11.3 Å². The summed E-state index contributed by atoms with van der Waals surface area (Å²) in [6, 6.07) is 8.99. The molecule has 2 rings (SSSR count). The van der Waals surface area contributed by atoms with Gasteiger partial charge in [-0.15, -0.1) is 0 Å². The van der Waals surface area contributed by atoms with Crippen LogP contribution >= 0.6 is 0 Å². The summed E-state index contributed by atoms with van der Waals surface area (Å²) < 4.78 is 45.0. The molecule has 138 valence electrons. The van der Waals surface area contributed by atoms with Crippen molar-refractivity contribution in [1.29, 1.82) is 0 Å². The predicted octanol–water partition coefficient (Wildman–Crippen LogP) is 2.84. The van der Waals surface area contributed by atoms with E-state index in [0.29, 0.717) is 5.56 Å². The molecule has 0 atom stereocenters. The standard InChI is InChI=1S/C17H16F3N3O3/c1-10(24)26-8-7-22-16-14(15(21)25)12(17(18,19)20)9-13(23-16)11-5-3-2-4-6-11/h2-6,9H,7-8H2,1H3,(H2,21,25)(H,22,23). The number of primary amides is 1. The monoisotopic (exact) mass is 367 g/mol. The number of halogens is 3. The summed E-state index contributed by atoms with van der Waals surface area (Å²) in [6.07, 6.45) is -4.80. The molecule has 0 aliphatic heterocycles. The molecule has 9 heteroatoms. The number of pyridine rings is 1. The molecule has 1 heterocycles. The van der Waals surface area contributed by atoms with Crippen LogP contribution in [0.15, 0.2) is 36.4 Å². The summed E-state index contributed by atoms with van der Waals surface area (Å²) in [4.78, 5) is 26.5. The highest BCUT2D eigenvalue weighted by Crippen LogP contribution is 2.37. The SMILES string of the molecule is CC(=O)OCCNc1nc(-c2ccccc2)cc(C(F)(F)F)c1C(N)=O. The molecule has 0 saturated carbocycles. The van der Waals surface area contributed by atoms with E-state index in [9.17, 15) is 22.8 Å². The number of anilines is 1. The van der Waals surface area contributed by atoms with Gasteiger partial charge in [-0.1, -0.05) is 30.3 Å². The second-order valence-corrected chi connectivity index (χ2v) is 5.27. The second-order valence-electron chi connectivity index (χ2n) is 5.27. The van der Waals surface area contributed by atoms with Gasteiger partial charge in [-0.05, 0) is 6.07 Å². The van der Waals surface area contributed by atoms with Crippen LogP contribution in [-0.2, 0) is 15.7 Å². The van der Waals surface area contributed by atoms with E-state index in [4.69, 9.17) is 10.5 Å². The minimum absolute atomic E-state index is 0.0258. The number of nitrogens with two attached hydrogens (primary N) is 1. The Kier molecular flexibility index (Phi) is 5.81. The first-order valence-corrected chi connectivity index (χ1v) is 7.55. The summed E-state index contributed by atoms with van der Waals surface area (Å²) in [5.74, 6) is -2.12. The van der Waals surface area contributed by atoms with Gasteiger partial charge in [0.1, 0.15) is 12.4 Å². The highest BCUT2D eigenvalue weighted by molar-refractivity contribution is 6.00. The van der Waals surface area contributed by atoms with Crippen molar-refractivity contribution in [3.8, 4) is 11.3 Å². The highest BCUT2D eigenvalue weighted by Gasteiger charge is 2.37. The van der Waals surface area contributed by atoms with Gasteiger partial charge in [0, 0.05) is 12.5 Å². The lowest BCUT2D eigenvalue weighted by molar-refractivity contribution is -0.140. The Morgan fingerprint density at radius 3 is 2.42 bits per heavy atom. The summed E-state index contributed by atoms with van der Waals surface area (Å²) in [5, 5.41) is 2.58. The number of esters is 1. The minimum atomic E-state index is -4.80. The third kappa shape index (κ3) is 4.71. The molecule has 0 bridgehead atoms. The predicted molar refractivity (Wildman–Crippen MR) is 88.3 cm³/mol. The molecule has 2 aromatic rings. The number of alkyl halides is 3. The fraction of sp³-hybridized carbons (Fsp3) is 0.235. The van der Waals surface area contributed by atoms with E-state index in [1.807, 2.05) is 0 Å². The summed E-state index contributed by atoms with van der Waals surface area (Å²) in [5.41, 5.74) is 3.67. The number of rotatable bonds is 6. The second kappa shape index (κ2) is 7.85. The van der Waals surface area contributed by atoms with Crippen LogP contribution in [0.3, 0.4) is 0 Å². The highest BCUT2D eigenvalue weighted by atomic mass is 19.4. The first-order chi connectivity index (χ1) is 12.2. The van der Waals surface area contributed by atoms with Crippen LogP contribution in [0.1, 0.15) is 22.8 Å². The Labute approximate surface area is 147 Å². The first-order valence-electron chi connectivity index (χ1n) is 7.55. The Bertz CT molecular complexity index is 808. The average molecular weight is 367 g/mol. The van der Waals surface area contributed by atoms with Crippen LogP contribution in [0.4, 0.5) is 19.0 Å². The van der Waals surface area contributed by atoms with Crippen LogP contribution in [0.5, 0.6) is 0 Å². The van der Waals surface area contributed by atoms with E-state index in [2.05, 4.69) is 10.3 Å². The van der Waals surface area contributed by atoms with Crippen LogP contribution in [-0.4, -0.2) is 30.0 Å². The minimum Gasteiger partial charge on any atom is -0.464 e. The molecule has 0 radical (unpaired) electrons.